The minimum atomic E-state index is -0.938. The van der Waals surface area contributed by atoms with Gasteiger partial charge in [-0.2, -0.15) is 5.26 Å². The summed E-state index contributed by atoms with van der Waals surface area (Å²) in [6.45, 7) is 1.20. The maximum atomic E-state index is 13.3. The molecule has 0 aliphatic rings. The number of nitriles is 1. The first kappa shape index (κ1) is 12.8. The van der Waals surface area contributed by atoms with Crippen molar-refractivity contribution in [2.75, 3.05) is 5.32 Å². The van der Waals surface area contributed by atoms with Crippen LogP contribution >= 0.6 is 0 Å². The highest BCUT2D eigenvalue weighted by molar-refractivity contribution is 6.03. The number of Topliss-reactive ketones (excluding diaryl/α,β-unsaturated/α-hetero) is 1. The maximum absolute atomic E-state index is 13.3. The van der Waals surface area contributed by atoms with Gasteiger partial charge in [-0.1, -0.05) is 0 Å². The van der Waals surface area contributed by atoms with Crippen LogP contribution in [0.2, 0.25) is 0 Å². The van der Waals surface area contributed by atoms with Crippen LogP contribution in [0.25, 0.3) is 0 Å². The number of nitrogens with one attached hydrogen (secondary N) is 1. The molecule has 0 unspecified atom stereocenters. The van der Waals surface area contributed by atoms with Gasteiger partial charge in [-0.25, -0.2) is 8.78 Å². The SMILES string of the molecule is CC(=O)CC(=O)Nc1cc(F)c(C#N)cc1F. The zero-order chi connectivity index (χ0) is 13.0. The zero-order valence-corrected chi connectivity index (χ0v) is 8.88. The first-order valence-electron chi connectivity index (χ1n) is 4.62. The van der Waals surface area contributed by atoms with Gasteiger partial charge in [0.15, 0.2) is 0 Å². The molecule has 0 fully saturated rings. The molecule has 0 atom stereocenters. The molecule has 1 rings (SSSR count). The van der Waals surface area contributed by atoms with Gasteiger partial charge in [-0.05, 0) is 13.0 Å². The Morgan fingerprint density at radius 1 is 1.35 bits per heavy atom. The predicted molar refractivity (Wildman–Crippen MR) is 55.0 cm³/mol. The van der Waals surface area contributed by atoms with Gasteiger partial charge in [-0.3, -0.25) is 9.59 Å². The maximum Gasteiger partial charge on any atom is 0.231 e. The molecule has 88 valence electrons. The Kier molecular flexibility index (Phi) is 3.88. The fourth-order valence-electron chi connectivity index (χ4n) is 1.15. The van der Waals surface area contributed by atoms with Crippen molar-refractivity contribution < 1.29 is 18.4 Å². The Bertz CT molecular complexity index is 521. The summed E-state index contributed by atoms with van der Waals surface area (Å²) in [5.74, 6) is -3.00. The van der Waals surface area contributed by atoms with Crippen LogP contribution in [0.4, 0.5) is 14.5 Å². The molecule has 1 aromatic rings. The van der Waals surface area contributed by atoms with Crippen molar-refractivity contribution in [3.63, 3.8) is 0 Å². The number of halogens is 2. The third-order valence-electron chi connectivity index (χ3n) is 1.86. The lowest BCUT2D eigenvalue weighted by Crippen LogP contribution is -2.16. The second kappa shape index (κ2) is 5.16. The summed E-state index contributed by atoms with van der Waals surface area (Å²) in [4.78, 5) is 21.8. The van der Waals surface area contributed by atoms with Crippen LogP contribution in [-0.4, -0.2) is 11.7 Å². The van der Waals surface area contributed by atoms with Crippen molar-refractivity contribution in [3.8, 4) is 6.07 Å². The van der Waals surface area contributed by atoms with E-state index in [0.29, 0.717) is 12.1 Å². The topological polar surface area (TPSA) is 70.0 Å². The van der Waals surface area contributed by atoms with E-state index >= 15 is 0 Å². The molecule has 0 bridgehead atoms. The lowest BCUT2D eigenvalue weighted by molar-refractivity contribution is -0.124. The first-order valence-corrected chi connectivity index (χ1v) is 4.62. The highest BCUT2D eigenvalue weighted by Gasteiger charge is 2.13. The Morgan fingerprint density at radius 3 is 2.53 bits per heavy atom. The Labute approximate surface area is 95.9 Å². The number of hydrogen-bond acceptors (Lipinski definition) is 3. The van der Waals surface area contributed by atoms with E-state index in [1.165, 1.54) is 13.0 Å². The first-order chi connectivity index (χ1) is 7.93. The summed E-state index contributed by atoms with van der Waals surface area (Å²) < 4.78 is 26.4. The fraction of sp³-hybridized carbons (Fsp3) is 0.182. The highest BCUT2D eigenvalue weighted by Crippen LogP contribution is 2.19. The minimum absolute atomic E-state index is 0.392. The molecule has 0 saturated heterocycles. The van der Waals surface area contributed by atoms with Crippen LogP contribution in [0, 0.1) is 23.0 Å². The average Bonchev–Trinajstić information content (AvgIpc) is 2.21. The normalized spacial score (nSPS) is 9.53. The van der Waals surface area contributed by atoms with Gasteiger partial charge >= 0.3 is 0 Å². The van der Waals surface area contributed by atoms with Gasteiger partial charge in [-0.15, -0.1) is 0 Å². The number of benzene rings is 1. The monoisotopic (exact) mass is 238 g/mol. The number of rotatable bonds is 3. The van der Waals surface area contributed by atoms with E-state index < -0.39 is 41.0 Å². The standard InChI is InChI=1S/C11H8F2N2O2/c1-6(16)2-11(17)15-10-4-8(12)7(5-14)3-9(10)13/h3-4H,2H2,1H3,(H,15,17). The van der Waals surface area contributed by atoms with E-state index in [4.69, 9.17) is 5.26 Å². The third-order valence-corrected chi connectivity index (χ3v) is 1.86. The molecule has 6 heteroatoms. The lowest BCUT2D eigenvalue weighted by atomic mass is 10.2. The predicted octanol–water partition coefficient (Wildman–Crippen LogP) is 1.75. The summed E-state index contributed by atoms with van der Waals surface area (Å²) in [6, 6.07) is 2.85. The smallest absolute Gasteiger partial charge is 0.231 e. The molecule has 4 nitrogen and oxygen atoms in total. The second-order valence-electron chi connectivity index (χ2n) is 3.35. The van der Waals surface area contributed by atoms with Crippen molar-refractivity contribution in [2.24, 2.45) is 0 Å². The Morgan fingerprint density at radius 2 is 2.00 bits per heavy atom. The summed E-state index contributed by atoms with van der Waals surface area (Å²) >= 11 is 0. The molecular formula is C11H8F2N2O2. The molecule has 0 spiro atoms. The van der Waals surface area contributed by atoms with Crippen molar-refractivity contribution in [2.45, 2.75) is 13.3 Å². The second-order valence-corrected chi connectivity index (χ2v) is 3.35. The van der Waals surface area contributed by atoms with E-state index in [-0.39, 0.29) is 0 Å². The number of carbonyl (C=O) groups excluding carboxylic acids is 2. The lowest BCUT2D eigenvalue weighted by Gasteiger charge is -2.06. The number of ketones is 1. The van der Waals surface area contributed by atoms with Crippen molar-refractivity contribution in [3.05, 3.63) is 29.3 Å². The van der Waals surface area contributed by atoms with Crippen LogP contribution in [-0.2, 0) is 9.59 Å². The van der Waals surface area contributed by atoms with E-state index in [0.717, 1.165) is 0 Å². The summed E-state index contributed by atoms with van der Waals surface area (Å²) in [5.41, 5.74) is -0.847. The molecule has 0 radical (unpaired) electrons. The van der Waals surface area contributed by atoms with Crippen LogP contribution in [0.3, 0.4) is 0 Å². The molecule has 0 aliphatic carbocycles. The van der Waals surface area contributed by atoms with E-state index in [1.54, 1.807) is 0 Å². The zero-order valence-electron chi connectivity index (χ0n) is 8.88. The van der Waals surface area contributed by atoms with Gasteiger partial charge < -0.3 is 5.32 Å². The van der Waals surface area contributed by atoms with Crippen molar-refractivity contribution in [1.82, 2.24) is 0 Å². The summed E-state index contributed by atoms with van der Waals surface area (Å²) in [5, 5.41) is 10.5. The molecule has 0 saturated carbocycles. The molecule has 1 amide bonds. The molecule has 0 aliphatic heterocycles. The van der Waals surface area contributed by atoms with E-state index in [9.17, 15) is 18.4 Å². The Balaban J connectivity index is 2.93. The van der Waals surface area contributed by atoms with Crippen LogP contribution in [0.1, 0.15) is 18.9 Å². The number of anilines is 1. The number of hydrogen-bond donors (Lipinski definition) is 1. The van der Waals surface area contributed by atoms with Gasteiger partial charge in [0.2, 0.25) is 5.91 Å². The van der Waals surface area contributed by atoms with Crippen LogP contribution in [0.5, 0.6) is 0 Å². The molecule has 1 aromatic carbocycles. The molecule has 0 aromatic heterocycles. The summed E-state index contributed by atoms with van der Waals surface area (Å²) in [7, 11) is 0. The third kappa shape index (κ3) is 3.34. The molecule has 1 N–H and O–H groups in total. The van der Waals surface area contributed by atoms with Crippen molar-refractivity contribution >= 4 is 17.4 Å². The number of amides is 1. The van der Waals surface area contributed by atoms with E-state index in [2.05, 4.69) is 0 Å². The fourth-order valence-corrected chi connectivity index (χ4v) is 1.15. The number of carbonyl (C=O) groups is 2. The van der Waals surface area contributed by atoms with Gasteiger partial charge in [0.25, 0.3) is 0 Å². The average molecular weight is 238 g/mol. The minimum Gasteiger partial charge on any atom is -0.323 e. The molecule has 0 heterocycles. The van der Waals surface area contributed by atoms with Gasteiger partial charge in [0.05, 0.1) is 17.7 Å². The molecule has 17 heavy (non-hydrogen) atoms. The van der Waals surface area contributed by atoms with E-state index in [1.807, 2.05) is 5.32 Å². The van der Waals surface area contributed by atoms with Gasteiger partial charge in [0.1, 0.15) is 23.5 Å². The Hall–Kier alpha value is -2.29. The summed E-state index contributed by atoms with van der Waals surface area (Å²) in [6.07, 6.45) is -0.416. The largest absolute Gasteiger partial charge is 0.323 e. The molecular weight excluding hydrogens is 230 g/mol. The quantitative estimate of drug-likeness (QED) is 0.815. The van der Waals surface area contributed by atoms with Gasteiger partial charge in [0, 0.05) is 6.07 Å². The highest BCUT2D eigenvalue weighted by atomic mass is 19.1. The van der Waals surface area contributed by atoms with Crippen molar-refractivity contribution in [1.29, 1.82) is 5.26 Å². The van der Waals surface area contributed by atoms with Crippen LogP contribution in [0.15, 0.2) is 12.1 Å². The van der Waals surface area contributed by atoms with Crippen LogP contribution < -0.4 is 5.32 Å². The number of nitrogens with zero attached hydrogens (tertiary/aromatic N) is 1.